The zero-order valence-electron chi connectivity index (χ0n) is 29.1. The van der Waals surface area contributed by atoms with Crippen LogP contribution in [-0.2, 0) is 10.8 Å². The molecule has 0 fully saturated rings. The molecule has 0 radical (unpaired) electrons. The molecule has 6 rings (SSSR count). The smallest absolute Gasteiger partial charge is 0.0526 e. The molecule has 1 heterocycles. The number of para-hydroxylation sites is 2. The minimum absolute atomic E-state index is 0.0485. The predicted octanol–water partition coefficient (Wildman–Crippen LogP) is 12.4. The van der Waals surface area contributed by atoms with E-state index in [9.17, 15) is 0 Å². The van der Waals surface area contributed by atoms with Crippen molar-refractivity contribution < 1.29 is 0 Å². The molecular weight excluding hydrogens is 629 g/mol. The normalized spacial score (nSPS) is 17.6. The summed E-state index contributed by atoms with van der Waals surface area (Å²) in [5, 5.41) is 1.53. The van der Waals surface area contributed by atoms with Gasteiger partial charge in [-0.25, -0.2) is 0 Å². The second kappa shape index (κ2) is 13.4. The van der Waals surface area contributed by atoms with Crippen molar-refractivity contribution in [1.82, 2.24) is 0 Å². The van der Waals surface area contributed by atoms with E-state index in [2.05, 4.69) is 173 Å². The number of rotatable bonds is 7. The van der Waals surface area contributed by atoms with Gasteiger partial charge in [0.15, 0.2) is 0 Å². The van der Waals surface area contributed by atoms with Crippen LogP contribution in [0.1, 0.15) is 58.6 Å². The Bertz CT molecular complexity index is 1890. The fraction of sp³-hybridized carbons (Fsp3) is 0.256. The molecule has 4 aromatic rings. The Hall–Kier alpha value is -4.18. The van der Waals surface area contributed by atoms with Crippen molar-refractivity contribution in [3.05, 3.63) is 165 Å². The van der Waals surface area contributed by atoms with Crippen molar-refractivity contribution in [3.63, 3.8) is 0 Å². The highest BCUT2D eigenvalue weighted by Crippen LogP contribution is 2.48. The van der Waals surface area contributed by atoms with Crippen molar-refractivity contribution in [2.45, 2.75) is 58.3 Å². The Morgan fingerprint density at radius 3 is 2.00 bits per heavy atom. The van der Waals surface area contributed by atoms with E-state index in [0.29, 0.717) is 0 Å². The first-order valence-electron chi connectivity index (χ1n) is 16.7. The largest absolute Gasteiger partial charge is 0.351 e. The number of benzene rings is 4. The van der Waals surface area contributed by atoms with E-state index in [0.717, 1.165) is 39.9 Å². The molecule has 0 spiro atoms. The van der Waals surface area contributed by atoms with Gasteiger partial charge in [-0.2, -0.15) is 0 Å². The molecule has 5 heteroatoms. The van der Waals surface area contributed by atoms with Crippen LogP contribution in [0.3, 0.4) is 0 Å². The van der Waals surface area contributed by atoms with Gasteiger partial charge in [0.1, 0.15) is 0 Å². The molecule has 246 valence electrons. The van der Waals surface area contributed by atoms with E-state index < -0.39 is 0 Å². The first-order chi connectivity index (χ1) is 22.9. The van der Waals surface area contributed by atoms with Gasteiger partial charge in [-0.1, -0.05) is 100 Å². The minimum atomic E-state index is -0.179. The molecule has 0 aromatic heterocycles. The fourth-order valence-corrected chi connectivity index (χ4v) is 7.42. The number of halogens is 2. The van der Waals surface area contributed by atoms with E-state index in [1.54, 1.807) is 0 Å². The van der Waals surface area contributed by atoms with E-state index in [4.69, 9.17) is 23.2 Å². The molecular formula is C43H45Cl2N3. The third kappa shape index (κ3) is 6.59. The monoisotopic (exact) mass is 673 g/mol. The molecule has 1 aliphatic heterocycles. The van der Waals surface area contributed by atoms with Crippen LogP contribution in [0.25, 0.3) is 0 Å². The highest BCUT2D eigenvalue weighted by atomic mass is 35.5. The third-order valence-electron chi connectivity index (χ3n) is 9.61. The summed E-state index contributed by atoms with van der Waals surface area (Å²) in [6, 6.07) is 33.8. The van der Waals surface area contributed by atoms with Crippen LogP contribution in [-0.4, -0.2) is 14.1 Å². The molecule has 0 saturated carbocycles. The van der Waals surface area contributed by atoms with Gasteiger partial charge in [0.25, 0.3) is 0 Å². The van der Waals surface area contributed by atoms with Gasteiger partial charge in [0.2, 0.25) is 0 Å². The summed E-state index contributed by atoms with van der Waals surface area (Å²) >= 11 is 12.9. The van der Waals surface area contributed by atoms with E-state index in [-0.39, 0.29) is 10.8 Å². The number of nitrogens with zero attached hydrogens (tertiary/aromatic N) is 3. The number of likely N-dealkylation sites (N-methyl/N-ethyl adjacent to an activating group) is 1. The molecule has 48 heavy (non-hydrogen) atoms. The topological polar surface area (TPSA) is 9.72 Å². The SMILES string of the molecule is CN(C=CC1=C(N(c2ccccc2)c2ccccc2)C(=C/C=C2\N(C)c3ccc(Cl)cc3C2(C)C)CC1)c1ccc(Cl)cc1C(C)(C)C. The number of anilines is 4. The van der Waals surface area contributed by atoms with E-state index in [1.165, 1.54) is 39.4 Å². The summed E-state index contributed by atoms with van der Waals surface area (Å²) in [5.74, 6) is 0. The lowest BCUT2D eigenvalue weighted by Crippen LogP contribution is -2.22. The molecule has 0 amide bonds. The van der Waals surface area contributed by atoms with Crippen LogP contribution in [0.4, 0.5) is 22.7 Å². The summed E-state index contributed by atoms with van der Waals surface area (Å²) in [7, 11) is 4.28. The molecule has 2 aliphatic rings. The molecule has 3 nitrogen and oxygen atoms in total. The molecule has 0 unspecified atom stereocenters. The number of fused-ring (bicyclic) bond motifs is 1. The highest BCUT2D eigenvalue weighted by Gasteiger charge is 2.38. The second-order valence-corrected chi connectivity index (χ2v) is 15.2. The number of allylic oxidation sites excluding steroid dienone is 6. The minimum Gasteiger partial charge on any atom is -0.351 e. The quantitative estimate of drug-likeness (QED) is 0.193. The van der Waals surface area contributed by atoms with Crippen LogP contribution in [0.5, 0.6) is 0 Å². The van der Waals surface area contributed by atoms with Gasteiger partial charge < -0.3 is 14.7 Å². The Labute approximate surface area is 297 Å². The second-order valence-electron chi connectivity index (χ2n) is 14.3. The number of hydrogen-bond acceptors (Lipinski definition) is 3. The maximum Gasteiger partial charge on any atom is 0.0526 e. The van der Waals surface area contributed by atoms with Gasteiger partial charge in [0.05, 0.1) is 5.70 Å². The maximum atomic E-state index is 6.46. The standard InChI is InChI=1S/C43H45Cl2N3/c1-42(2,3)36-28-32(44)21-23-38(36)46(6)27-26-31-19-18-30(20-25-40-43(4,5)37-29-33(45)22-24-39(37)47(40)7)41(31)48(34-14-10-8-11-15-34)35-16-12-9-13-17-35/h8-17,20-29H,18-19H2,1-7H3/b27-26?,30-20?,40-25-. The average molecular weight is 675 g/mol. The lowest BCUT2D eigenvalue weighted by molar-refractivity contribution is 0.590. The summed E-state index contributed by atoms with van der Waals surface area (Å²) in [4.78, 5) is 6.94. The molecule has 0 bridgehead atoms. The van der Waals surface area contributed by atoms with Crippen LogP contribution in [0, 0.1) is 0 Å². The van der Waals surface area contributed by atoms with Crippen molar-refractivity contribution in [2.75, 3.05) is 28.8 Å². The Morgan fingerprint density at radius 2 is 1.38 bits per heavy atom. The molecule has 0 N–H and O–H groups in total. The van der Waals surface area contributed by atoms with Crippen molar-refractivity contribution in [1.29, 1.82) is 0 Å². The third-order valence-corrected chi connectivity index (χ3v) is 10.1. The predicted molar refractivity (Wildman–Crippen MR) is 208 cm³/mol. The van der Waals surface area contributed by atoms with Gasteiger partial charge in [-0.05, 0) is 113 Å². The Morgan fingerprint density at radius 1 is 0.771 bits per heavy atom. The summed E-state index contributed by atoms with van der Waals surface area (Å²) in [6.07, 6.45) is 11.0. The Balaban J connectivity index is 1.48. The molecule has 1 aliphatic carbocycles. The Kier molecular flexibility index (Phi) is 9.40. The molecule has 4 aromatic carbocycles. The average Bonchev–Trinajstić information content (AvgIpc) is 3.53. The summed E-state index contributed by atoms with van der Waals surface area (Å²) in [6.45, 7) is 11.3. The molecule has 0 atom stereocenters. The van der Waals surface area contributed by atoms with Crippen molar-refractivity contribution in [3.8, 4) is 0 Å². The van der Waals surface area contributed by atoms with Crippen LogP contribution < -0.4 is 14.7 Å². The van der Waals surface area contributed by atoms with Gasteiger partial charge in [0, 0.05) is 64.2 Å². The molecule has 0 saturated heterocycles. The first kappa shape index (κ1) is 33.7. The lowest BCUT2D eigenvalue weighted by atomic mass is 9.83. The zero-order valence-corrected chi connectivity index (χ0v) is 30.6. The summed E-state index contributed by atoms with van der Waals surface area (Å²) < 4.78 is 0. The summed E-state index contributed by atoms with van der Waals surface area (Å²) in [5.41, 5.74) is 11.9. The van der Waals surface area contributed by atoms with Gasteiger partial charge >= 0.3 is 0 Å². The first-order valence-corrected chi connectivity index (χ1v) is 17.4. The van der Waals surface area contributed by atoms with Crippen molar-refractivity contribution in [2.24, 2.45) is 0 Å². The fourth-order valence-electron chi connectivity index (χ4n) is 7.07. The highest BCUT2D eigenvalue weighted by molar-refractivity contribution is 6.31. The van der Waals surface area contributed by atoms with Crippen LogP contribution in [0.2, 0.25) is 10.0 Å². The van der Waals surface area contributed by atoms with E-state index >= 15 is 0 Å². The number of hydrogen-bond donors (Lipinski definition) is 0. The van der Waals surface area contributed by atoms with Gasteiger partial charge in [-0.15, -0.1) is 0 Å². The van der Waals surface area contributed by atoms with Crippen LogP contribution in [0.15, 0.2) is 144 Å². The van der Waals surface area contributed by atoms with Crippen molar-refractivity contribution >= 4 is 46.0 Å². The van der Waals surface area contributed by atoms with Crippen LogP contribution >= 0.6 is 23.2 Å². The lowest BCUT2D eigenvalue weighted by Gasteiger charge is -2.29. The zero-order chi connectivity index (χ0) is 34.2. The maximum absolute atomic E-state index is 6.46. The van der Waals surface area contributed by atoms with E-state index in [1.807, 2.05) is 12.1 Å². The van der Waals surface area contributed by atoms with Gasteiger partial charge in [-0.3, -0.25) is 0 Å².